The third-order valence-corrected chi connectivity index (χ3v) is 5.34. The number of hydrogen-bond donors (Lipinski definition) is 1. The lowest BCUT2D eigenvalue weighted by Gasteiger charge is -2.37. The molecule has 132 valence electrons. The number of pyridine rings is 1. The van der Waals surface area contributed by atoms with Gasteiger partial charge >= 0.3 is 7.48 Å². The van der Waals surface area contributed by atoms with Gasteiger partial charge in [-0.25, -0.2) is 0 Å². The normalized spacial score (nSPS) is 13.0. The molecule has 0 aliphatic rings. The standard InChI is InChI=1S/C21H22BNO3/c1-20(2,24)21(3,4)26-22-14-8-10-16-15(12-14)18-17(25-16)9-7-13-6-5-11-23-19(13)18/h5-12,22,24H,1-4H3. The quantitative estimate of drug-likeness (QED) is 0.572. The molecule has 4 rings (SSSR count). The second-order valence-electron chi connectivity index (χ2n) is 7.80. The summed E-state index contributed by atoms with van der Waals surface area (Å²) in [6.45, 7) is 7.32. The van der Waals surface area contributed by atoms with Crippen molar-refractivity contribution < 1.29 is 14.2 Å². The molecule has 0 bridgehead atoms. The van der Waals surface area contributed by atoms with Gasteiger partial charge in [0.15, 0.2) is 0 Å². The number of fused-ring (bicyclic) bond motifs is 5. The molecular weight excluding hydrogens is 325 g/mol. The van der Waals surface area contributed by atoms with E-state index in [0.29, 0.717) is 7.48 Å². The molecule has 0 atom stereocenters. The van der Waals surface area contributed by atoms with Crippen LogP contribution in [0.4, 0.5) is 0 Å². The first-order valence-electron chi connectivity index (χ1n) is 8.81. The topological polar surface area (TPSA) is 55.5 Å². The first-order chi connectivity index (χ1) is 12.3. The number of rotatable bonds is 4. The van der Waals surface area contributed by atoms with E-state index in [1.165, 1.54) is 0 Å². The average molecular weight is 347 g/mol. The molecule has 2 heterocycles. The predicted octanol–water partition coefficient (Wildman–Crippen LogP) is 3.68. The van der Waals surface area contributed by atoms with E-state index in [1.54, 1.807) is 20.0 Å². The molecule has 0 saturated heterocycles. The van der Waals surface area contributed by atoms with Gasteiger partial charge in [0.2, 0.25) is 0 Å². The van der Waals surface area contributed by atoms with E-state index in [2.05, 4.69) is 17.1 Å². The zero-order valence-corrected chi connectivity index (χ0v) is 15.5. The van der Waals surface area contributed by atoms with Crippen molar-refractivity contribution in [2.75, 3.05) is 0 Å². The molecule has 5 heteroatoms. The average Bonchev–Trinajstić information content (AvgIpc) is 2.97. The lowest BCUT2D eigenvalue weighted by atomic mass is 9.82. The van der Waals surface area contributed by atoms with Gasteiger partial charge in [0, 0.05) is 17.0 Å². The van der Waals surface area contributed by atoms with Crippen molar-refractivity contribution in [2.24, 2.45) is 0 Å². The molecule has 0 aliphatic heterocycles. The largest absolute Gasteiger partial charge is 0.456 e. The van der Waals surface area contributed by atoms with E-state index >= 15 is 0 Å². The van der Waals surface area contributed by atoms with Crippen molar-refractivity contribution in [1.82, 2.24) is 4.98 Å². The van der Waals surface area contributed by atoms with Crippen LogP contribution in [0.2, 0.25) is 0 Å². The summed E-state index contributed by atoms with van der Waals surface area (Å²) in [6, 6.07) is 14.1. The van der Waals surface area contributed by atoms with Crippen LogP contribution in [0, 0.1) is 0 Å². The van der Waals surface area contributed by atoms with Crippen LogP contribution in [0.15, 0.2) is 53.1 Å². The lowest BCUT2D eigenvalue weighted by Crippen LogP contribution is -2.49. The minimum atomic E-state index is -0.931. The zero-order valence-electron chi connectivity index (χ0n) is 15.5. The van der Waals surface area contributed by atoms with Crippen molar-refractivity contribution in [3.8, 4) is 0 Å². The van der Waals surface area contributed by atoms with Crippen LogP contribution in [0.5, 0.6) is 0 Å². The highest BCUT2D eigenvalue weighted by atomic mass is 16.5. The van der Waals surface area contributed by atoms with Gasteiger partial charge in [0.1, 0.15) is 11.2 Å². The van der Waals surface area contributed by atoms with Crippen molar-refractivity contribution in [3.05, 3.63) is 48.7 Å². The molecule has 0 fully saturated rings. The minimum absolute atomic E-state index is 0.414. The SMILES string of the molecule is CC(C)(O)C(C)(C)OBc1ccc2oc3ccc4cccnc4c3c2c1. The van der Waals surface area contributed by atoms with Crippen LogP contribution in [0.3, 0.4) is 0 Å². The van der Waals surface area contributed by atoms with E-state index in [9.17, 15) is 5.11 Å². The molecule has 0 spiro atoms. The summed E-state index contributed by atoms with van der Waals surface area (Å²) < 4.78 is 12.0. The molecule has 0 saturated carbocycles. The highest BCUT2D eigenvalue weighted by Crippen LogP contribution is 2.33. The van der Waals surface area contributed by atoms with Crippen molar-refractivity contribution in [1.29, 1.82) is 0 Å². The van der Waals surface area contributed by atoms with Gasteiger partial charge in [0.05, 0.1) is 22.1 Å². The fourth-order valence-electron chi connectivity index (χ4n) is 2.98. The maximum Gasteiger partial charge on any atom is 0.309 e. The lowest BCUT2D eigenvalue weighted by molar-refractivity contribution is -0.0893. The summed E-state index contributed by atoms with van der Waals surface area (Å²) in [4.78, 5) is 4.55. The molecule has 0 radical (unpaired) electrons. The molecule has 0 amide bonds. The number of benzene rings is 2. The minimum Gasteiger partial charge on any atom is -0.456 e. The van der Waals surface area contributed by atoms with Crippen molar-refractivity contribution in [2.45, 2.75) is 38.9 Å². The maximum atomic E-state index is 10.3. The van der Waals surface area contributed by atoms with Gasteiger partial charge in [0.25, 0.3) is 0 Å². The Morgan fingerprint density at radius 2 is 1.81 bits per heavy atom. The molecule has 2 aromatic heterocycles. The van der Waals surface area contributed by atoms with Gasteiger partial charge in [-0.1, -0.05) is 23.7 Å². The molecule has 0 aliphatic carbocycles. The summed E-state index contributed by atoms with van der Waals surface area (Å²) in [5.74, 6) is 0. The van der Waals surface area contributed by atoms with Gasteiger partial charge < -0.3 is 14.2 Å². The number of nitrogens with zero attached hydrogens (tertiary/aromatic N) is 1. The van der Waals surface area contributed by atoms with E-state index in [-0.39, 0.29) is 0 Å². The maximum absolute atomic E-state index is 10.3. The van der Waals surface area contributed by atoms with Crippen LogP contribution < -0.4 is 5.46 Å². The van der Waals surface area contributed by atoms with E-state index < -0.39 is 11.2 Å². The Morgan fingerprint density at radius 1 is 1.04 bits per heavy atom. The van der Waals surface area contributed by atoms with E-state index in [0.717, 1.165) is 38.3 Å². The highest BCUT2D eigenvalue weighted by Gasteiger charge is 2.35. The number of furan rings is 1. The fraction of sp³-hybridized carbons (Fsp3) is 0.286. The molecule has 4 nitrogen and oxygen atoms in total. The smallest absolute Gasteiger partial charge is 0.309 e. The van der Waals surface area contributed by atoms with E-state index in [4.69, 9.17) is 9.07 Å². The van der Waals surface area contributed by atoms with Gasteiger partial charge in [-0.3, -0.25) is 4.98 Å². The number of aromatic nitrogens is 1. The summed E-state index contributed by atoms with van der Waals surface area (Å²) in [6.07, 6.45) is 1.80. The second-order valence-corrected chi connectivity index (χ2v) is 7.80. The van der Waals surface area contributed by atoms with Crippen LogP contribution in [-0.2, 0) is 4.65 Å². The van der Waals surface area contributed by atoms with Gasteiger partial charge in [-0.05, 0) is 52.0 Å². The summed E-state index contributed by atoms with van der Waals surface area (Å²) in [7, 11) is 0.414. The third kappa shape index (κ3) is 2.77. The zero-order chi connectivity index (χ0) is 18.5. The summed E-state index contributed by atoms with van der Waals surface area (Å²) in [5, 5.41) is 13.4. The number of hydrogen-bond acceptors (Lipinski definition) is 4. The Bertz CT molecular complexity index is 1110. The number of aliphatic hydroxyl groups is 1. The Balaban J connectivity index is 1.79. The fourth-order valence-corrected chi connectivity index (χ4v) is 2.98. The molecule has 0 unspecified atom stereocenters. The Morgan fingerprint density at radius 3 is 2.58 bits per heavy atom. The first kappa shape index (κ1) is 17.1. The highest BCUT2D eigenvalue weighted by molar-refractivity contribution is 6.47. The molecule has 1 N–H and O–H groups in total. The van der Waals surface area contributed by atoms with Crippen LogP contribution in [0.1, 0.15) is 27.7 Å². The molecule has 2 aromatic carbocycles. The van der Waals surface area contributed by atoms with Crippen LogP contribution >= 0.6 is 0 Å². The van der Waals surface area contributed by atoms with Crippen LogP contribution in [0.25, 0.3) is 32.8 Å². The van der Waals surface area contributed by atoms with Gasteiger partial charge in [-0.15, -0.1) is 0 Å². The Hall–Kier alpha value is -2.37. The molecule has 26 heavy (non-hydrogen) atoms. The third-order valence-electron chi connectivity index (χ3n) is 5.34. The summed E-state index contributed by atoms with van der Waals surface area (Å²) in [5.41, 5.74) is 2.06. The van der Waals surface area contributed by atoms with Crippen LogP contribution in [-0.4, -0.2) is 28.8 Å². The molecule has 4 aromatic rings. The van der Waals surface area contributed by atoms with E-state index in [1.807, 2.05) is 44.2 Å². The molecular formula is C21H22BNO3. The predicted molar refractivity (Wildman–Crippen MR) is 107 cm³/mol. The van der Waals surface area contributed by atoms with Crippen molar-refractivity contribution >= 4 is 45.8 Å². The monoisotopic (exact) mass is 347 g/mol. The second kappa shape index (κ2) is 5.83. The summed E-state index contributed by atoms with van der Waals surface area (Å²) >= 11 is 0. The first-order valence-corrected chi connectivity index (χ1v) is 8.81. The van der Waals surface area contributed by atoms with Crippen molar-refractivity contribution in [3.63, 3.8) is 0 Å². The van der Waals surface area contributed by atoms with Gasteiger partial charge in [-0.2, -0.15) is 0 Å². The Kier molecular flexibility index (Phi) is 3.83. The Labute approximate surface area is 153 Å².